The lowest BCUT2D eigenvalue weighted by atomic mass is 9.93. The van der Waals surface area contributed by atoms with E-state index in [0.717, 1.165) is 37.1 Å². The van der Waals surface area contributed by atoms with E-state index in [0.29, 0.717) is 11.4 Å². The Kier molecular flexibility index (Phi) is 3.24. The predicted molar refractivity (Wildman–Crippen MR) is 66.3 cm³/mol. The molecule has 0 amide bonds. The molecule has 0 radical (unpaired) electrons. The monoisotopic (exact) mass is 238 g/mol. The van der Waals surface area contributed by atoms with E-state index in [2.05, 4.69) is 4.90 Å². The van der Waals surface area contributed by atoms with E-state index in [1.165, 1.54) is 0 Å². The molecule has 1 saturated heterocycles. The van der Waals surface area contributed by atoms with Gasteiger partial charge in [-0.1, -0.05) is 6.07 Å². The zero-order chi connectivity index (χ0) is 12.5. The van der Waals surface area contributed by atoms with Crippen molar-refractivity contribution in [3.63, 3.8) is 0 Å². The first-order valence-corrected chi connectivity index (χ1v) is 5.87. The second-order valence-electron chi connectivity index (χ2n) is 4.89. The average molecular weight is 238 g/mol. The molecule has 0 saturated carbocycles. The molecule has 0 spiro atoms. The third kappa shape index (κ3) is 2.52. The van der Waals surface area contributed by atoms with Crippen LogP contribution < -0.4 is 16.1 Å². The van der Waals surface area contributed by atoms with E-state index in [4.69, 9.17) is 5.73 Å². The van der Waals surface area contributed by atoms with Crippen molar-refractivity contribution in [1.82, 2.24) is 0 Å². The number of nitrogens with zero attached hydrogens (tertiary/aromatic N) is 1. The lowest BCUT2D eigenvalue weighted by Crippen LogP contribution is -2.74. The van der Waals surface area contributed by atoms with Crippen LogP contribution in [0.4, 0.5) is 17.1 Å². The Morgan fingerprint density at radius 1 is 1.35 bits per heavy atom. The lowest BCUT2D eigenvalue weighted by molar-refractivity contribution is -0.824. The van der Waals surface area contributed by atoms with Crippen molar-refractivity contribution in [2.75, 3.05) is 23.7 Å². The van der Waals surface area contributed by atoms with Gasteiger partial charge in [-0.25, -0.2) is 5.21 Å². The molecule has 1 aliphatic heterocycles. The number of hydrogen-bond donors (Lipinski definition) is 4. The van der Waals surface area contributed by atoms with Crippen molar-refractivity contribution in [3.8, 4) is 0 Å². The lowest BCUT2D eigenvalue weighted by Gasteiger charge is -2.37. The number of benzene rings is 1. The maximum absolute atomic E-state index is 9.91. The highest BCUT2D eigenvalue weighted by molar-refractivity contribution is 5.74. The molecule has 0 atom stereocenters. The second kappa shape index (κ2) is 4.52. The minimum atomic E-state index is -0.570. The van der Waals surface area contributed by atoms with Crippen LogP contribution in [-0.4, -0.2) is 29.0 Å². The zero-order valence-electron chi connectivity index (χ0n) is 10.1. The Morgan fingerprint density at radius 2 is 2.00 bits per heavy atom. The van der Waals surface area contributed by atoms with Crippen molar-refractivity contribution in [1.29, 1.82) is 0 Å². The summed E-state index contributed by atoms with van der Waals surface area (Å²) in [6.07, 6.45) is 1.46. The smallest absolute Gasteiger partial charge is 0.208 e. The van der Waals surface area contributed by atoms with E-state index < -0.39 is 5.60 Å². The molecular weight excluding hydrogens is 218 g/mol. The average Bonchev–Trinajstić information content (AvgIpc) is 2.29. The van der Waals surface area contributed by atoms with Gasteiger partial charge in [-0.2, -0.15) is 5.48 Å². The van der Waals surface area contributed by atoms with Gasteiger partial charge in [0.1, 0.15) is 5.69 Å². The van der Waals surface area contributed by atoms with Gasteiger partial charge in [-0.3, -0.25) is 0 Å². The van der Waals surface area contributed by atoms with Crippen LogP contribution in [0.15, 0.2) is 18.2 Å². The number of rotatable bonds is 2. The van der Waals surface area contributed by atoms with Gasteiger partial charge in [0.05, 0.1) is 11.3 Å². The number of aliphatic hydroxyl groups is 1. The number of quaternary nitrogens is 1. The summed E-state index contributed by atoms with van der Waals surface area (Å²) in [7, 11) is 0. The van der Waals surface area contributed by atoms with Crippen LogP contribution in [0.1, 0.15) is 19.8 Å². The summed E-state index contributed by atoms with van der Waals surface area (Å²) in [5.74, 6) is 0. The topological polar surface area (TPSA) is 86.3 Å². The van der Waals surface area contributed by atoms with Crippen molar-refractivity contribution < 1.29 is 15.8 Å². The maximum Gasteiger partial charge on any atom is 0.208 e. The quantitative estimate of drug-likeness (QED) is 0.438. The number of hydrogen-bond acceptors (Lipinski definition) is 4. The zero-order valence-corrected chi connectivity index (χ0v) is 10.1. The summed E-state index contributed by atoms with van der Waals surface area (Å²) in [6.45, 7) is 3.41. The molecule has 5 nitrogen and oxygen atoms in total. The first kappa shape index (κ1) is 12.2. The van der Waals surface area contributed by atoms with Crippen LogP contribution in [0, 0.1) is 0 Å². The van der Waals surface area contributed by atoms with Crippen molar-refractivity contribution in [3.05, 3.63) is 18.2 Å². The van der Waals surface area contributed by atoms with Crippen LogP contribution in [0.2, 0.25) is 0 Å². The normalized spacial score (nSPS) is 19.4. The van der Waals surface area contributed by atoms with E-state index in [9.17, 15) is 10.3 Å². The summed E-state index contributed by atoms with van der Waals surface area (Å²) in [5.41, 5.74) is 8.47. The maximum atomic E-state index is 9.91. The largest absolute Gasteiger partial charge is 0.394 e. The van der Waals surface area contributed by atoms with Gasteiger partial charge in [-0.15, -0.1) is 0 Å². The molecule has 17 heavy (non-hydrogen) atoms. The van der Waals surface area contributed by atoms with E-state index in [1.807, 2.05) is 19.1 Å². The number of anilines is 2. The Balaban J connectivity index is 2.21. The highest BCUT2D eigenvalue weighted by Crippen LogP contribution is 2.31. The molecule has 0 unspecified atom stereocenters. The van der Waals surface area contributed by atoms with Gasteiger partial charge < -0.3 is 15.7 Å². The van der Waals surface area contributed by atoms with Gasteiger partial charge in [0.2, 0.25) is 5.69 Å². The molecular formula is C12H20N3O2+. The molecule has 6 N–H and O–H groups in total. The Labute approximate surface area is 101 Å². The van der Waals surface area contributed by atoms with Gasteiger partial charge in [0.15, 0.2) is 0 Å². The molecule has 1 aromatic rings. The Bertz CT molecular complexity index is 397. The van der Waals surface area contributed by atoms with Crippen molar-refractivity contribution in [2.24, 2.45) is 0 Å². The summed E-state index contributed by atoms with van der Waals surface area (Å²) in [6, 6.07) is 5.59. The molecule has 1 fully saturated rings. The molecule has 1 heterocycles. The van der Waals surface area contributed by atoms with E-state index in [1.54, 1.807) is 6.07 Å². The molecule has 94 valence electrons. The molecule has 5 heteroatoms. The van der Waals surface area contributed by atoms with Gasteiger partial charge in [0, 0.05) is 13.1 Å². The number of nitrogens with two attached hydrogens (primary N) is 2. The van der Waals surface area contributed by atoms with Crippen LogP contribution >= 0.6 is 0 Å². The highest BCUT2D eigenvalue weighted by Gasteiger charge is 2.29. The van der Waals surface area contributed by atoms with Crippen molar-refractivity contribution >= 4 is 17.1 Å². The van der Waals surface area contributed by atoms with Gasteiger partial charge in [0.25, 0.3) is 0 Å². The molecule has 0 bridgehead atoms. The molecule has 1 aliphatic rings. The summed E-state index contributed by atoms with van der Waals surface area (Å²) in [5, 5.41) is 19.2. The molecule has 1 aromatic carbocycles. The van der Waals surface area contributed by atoms with Crippen LogP contribution in [0.3, 0.4) is 0 Å². The van der Waals surface area contributed by atoms with E-state index in [-0.39, 0.29) is 0 Å². The second-order valence-corrected chi connectivity index (χ2v) is 4.89. The Hall–Kier alpha value is -1.30. The summed E-state index contributed by atoms with van der Waals surface area (Å²) in [4.78, 5) is 2.15. The summed E-state index contributed by atoms with van der Waals surface area (Å²) < 4.78 is 0. The van der Waals surface area contributed by atoms with Gasteiger partial charge in [-0.05, 0) is 31.9 Å². The summed E-state index contributed by atoms with van der Waals surface area (Å²) >= 11 is 0. The minimum Gasteiger partial charge on any atom is -0.394 e. The van der Waals surface area contributed by atoms with Crippen molar-refractivity contribution in [2.45, 2.75) is 25.4 Å². The first-order chi connectivity index (χ1) is 8.03. The number of para-hydroxylation sites is 1. The van der Waals surface area contributed by atoms with E-state index >= 15 is 0 Å². The fraction of sp³-hybridized carbons (Fsp3) is 0.500. The predicted octanol–water partition coefficient (Wildman–Crippen LogP) is 0.204. The van der Waals surface area contributed by atoms with Crippen LogP contribution in [0.25, 0.3) is 0 Å². The standard InChI is InChI=1S/C12H19N3O2/c1-12(16)5-7-15(8-6-12)10-4-2-3-9(13)11(10)14-17/h2-4,14,16-17H,5-8,13H2,1H3/p+1. The van der Waals surface area contributed by atoms with Gasteiger partial charge >= 0.3 is 0 Å². The third-order valence-electron chi connectivity index (χ3n) is 3.43. The highest BCUT2D eigenvalue weighted by atomic mass is 16.5. The number of nitrogen functional groups attached to an aromatic ring is 1. The third-order valence-corrected chi connectivity index (χ3v) is 3.43. The van der Waals surface area contributed by atoms with Crippen LogP contribution in [0.5, 0.6) is 0 Å². The molecule has 2 rings (SSSR count). The Morgan fingerprint density at radius 3 is 2.59 bits per heavy atom. The SMILES string of the molecule is CC1(O)CCN(c2cccc(N)c2[NH2+]O)CC1. The van der Waals surface area contributed by atoms with Crippen LogP contribution in [-0.2, 0) is 0 Å². The fourth-order valence-corrected chi connectivity index (χ4v) is 2.22. The molecule has 0 aromatic heterocycles. The fourth-order valence-electron chi connectivity index (χ4n) is 2.22. The number of piperidine rings is 1. The molecule has 0 aliphatic carbocycles. The minimum absolute atomic E-state index is 0.570. The first-order valence-electron chi connectivity index (χ1n) is 5.87.